The molecule has 0 aliphatic heterocycles. The summed E-state index contributed by atoms with van der Waals surface area (Å²) >= 11 is 0. The van der Waals surface area contributed by atoms with Gasteiger partial charge in [0.1, 0.15) is 0 Å². The third-order valence-electron chi connectivity index (χ3n) is 3.55. The number of hydrogen-bond acceptors (Lipinski definition) is 4. The average Bonchev–Trinajstić information content (AvgIpc) is 2.50. The zero-order chi connectivity index (χ0) is 15.5. The van der Waals surface area contributed by atoms with Crippen LogP contribution < -0.4 is 11.1 Å². The molecule has 1 unspecified atom stereocenters. The maximum Gasteiger partial charge on any atom is 0.253 e. The lowest BCUT2D eigenvalue weighted by Crippen LogP contribution is -2.49. The highest BCUT2D eigenvalue weighted by Crippen LogP contribution is 2.20. The molecule has 0 bridgehead atoms. The monoisotopic (exact) mass is 284 g/mol. The second-order valence-corrected chi connectivity index (χ2v) is 5.34. The van der Waals surface area contributed by atoms with Gasteiger partial charge in [-0.15, -0.1) is 0 Å². The number of amides is 1. The van der Waals surface area contributed by atoms with Gasteiger partial charge >= 0.3 is 0 Å². The topological polar surface area (TPSA) is 80.9 Å². The smallest absolute Gasteiger partial charge is 0.253 e. The molecule has 0 aliphatic carbocycles. The predicted molar refractivity (Wildman–Crippen MR) is 81.8 cm³/mol. The lowest BCUT2D eigenvalue weighted by atomic mass is 9.91. The fourth-order valence-corrected chi connectivity index (χ4v) is 2.14. The summed E-state index contributed by atoms with van der Waals surface area (Å²) in [4.78, 5) is 12.5. The van der Waals surface area contributed by atoms with Crippen molar-refractivity contribution in [3.8, 4) is 0 Å². The van der Waals surface area contributed by atoms with E-state index >= 15 is 0 Å². The molecule has 0 spiro atoms. The Labute approximate surface area is 124 Å². The van der Waals surface area contributed by atoms with Crippen LogP contribution in [0.15, 0.2) is 36.4 Å². The number of aryl methyl sites for hydroxylation is 2. The van der Waals surface area contributed by atoms with Crippen LogP contribution in [-0.2, 0) is 5.54 Å². The molecular formula is C16H20N4O. The van der Waals surface area contributed by atoms with Crippen LogP contribution in [0.3, 0.4) is 0 Å². The molecule has 0 saturated heterocycles. The van der Waals surface area contributed by atoms with Crippen molar-refractivity contribution in [3.63, 3.8) is 0 Å². The van der Waals surface area contributed by atoms with Crippen LogP contribution in [0.4, 0.5) is 0 Å². The van der Waals surface area contributed by atoms with Crippen LogP contribution in [0.25, 0.3) is 0 Å². The molecule has 1 heterocycles. The fraction of sp³-hybridized carbons (Fsp3) is 0.312. The van der Waals surface area contributed by atoms with E-state index in [1.54, 1.807) is 13.0 Å². The van der Waals surface area contributed by atoms with Crippen LogP contribution in [0.5, 0.6) is 0 Å². The number of nitrogens with zero attached hydrogens (tertiary/aromatic N) is 2. The Morgan fingerprint density at radius 3 is 2.52 bits per heavy atom. The van der Waals surface area contributed by atoms with Gasteiger partial charge in [0.25, 0.3) is 5.91 Å². The van der Waals surface area contributed by atoms with Crippen molar-refractivity contribution in [2.45, 2.75) is 26.3 Å². The normalized spacial score (nSPS) is 13.5. The molecule has 2 rings (SSSR count). The van der Waals surface area contributed by atoms with E-state index in [4.69, 9.17) is 5.73 Å². The molecule has 5 heteroatoms. The van der Waals surface area contributed by atoms with Crippen LogP contribution in [0, 0.1) is 13.8 Å². The largest absolute Gasteiger partial charge is 0.341 e. The number of carbonyl (C=O) groups excluding carboxylic acids is 1. The van der Waals surface area contributed by atoms with Crippen LogP contribution in [0.2, 0.25) is 0 Å². The van der Waals surface area contributed by atoms with E-state index in [2.05, 4.69) is 15.5 Å². The van der Waals surface area contributed by atoms with Crippen LogP contribution >= 0.6 is 0 Å². The summed E-state index contributed by atoms with van der Waals surface area (Å²) in [6.45, 7) is 5.79. The fourth-order valence-electron chi connectivity index (χ4n) is 2.14. The highest BCUT2D eigenvalue weighted by Gasteiger charge is 2.28. The van der Waals surface area contributed by atoms with Crippen molar-refractivity contribution in [2.75, 3.05) is 6.54 Å². The predicted octanol–water partition coefficient (Wildman–Crippen LogP) is 1.70. The lowest BCUT2D eigenvalue weighted by molar-refractivity contribution is 0.0906. The Bertz CT molecular complexity index is 642. The molecule has 21 heavy (non-hydrogen) atoms. The van der Waals surface area contributed by atoms with Gasteiger partial charge in [0.15, 0.2) is 0 Å². The van der Waals surface area contributed by atoms with E-state index in [1.807, 2.05) is 44.2 Å². The number of carbonyl (C=O) groups is 1. The molecule has 0 aliphatic rings. The van der Waals surface area contributed by atoms with Gasteiger partial charge in [0.2, 0.25) is 0 Å². The van der Waals surface area contributed by atoms with Crippen LogP contribution in [0.1, 0.15) is 34.2 Å². The van der Waals surface area contributed by atoms with E-state index in [1.165, 1.54) is 0 Å². The molecular weight excluding hydrogens is 264 g/mol. The van der Waals surface area contributed by atoms with Crippen LogP contribution in [-0.4, -0.2) is 22.6 Å². The van der Waals surface area contributed by atoms with Crippen molar-refractivity contribution in [1.82, 2.24) is 15.5 Å². The first-order chi connectivity index (χ1) is 9.96. The van der Waals surface area contributed by atoms with Crippen molar-refractivity contribution in [1.29, 1.82) is 0 Å². The molecule has 1 aromatic carbocycles. The van der Waals surface area contributed by atoms with E-state index in [-0.39, 0.29) is 5.91 Å². The Kier molecular flexibility index (Phi) is 4.33. The molecule has 0 fully saturated rings. The minimum absolute atomic E-state index is 0.192. The third-order valence-corrected chi connectivity index (χ3v) is 3.55. The summed E-state index contributed by atoms with van der Waals surface area (Å²) in [7, 11) is 0. The van der Waals surface area contributed by atoms with Gasteiger partial charge in [0, 0.05) is 6.54 Å². The zero-order valence-corrected chi connectivity index (χ0v) is 12.6. The highest BCUT2D eigenvalue weighted by atomic mass is 16.1. The second-order valence-electron chi connectivity index (χ2n) is 5.34. The summed E-state index contributed by atoms with van der Waals surface area (Å²) in [6, 6.07) is 11.4. The summed E-state index contributed by atoms with van der Waals surface area (Å²) < 4.78 is 0. The zero-order valence-electron chi connectivity index (χ0n) is 12.6. The second kappa shape index (κ2) is 6.01. The Morgan fingerprint density at radius 1 is 1.24 bits per heavy atom. The number of rotatable bonds is 4. The third kappa shape index (κ3) is 3.25. The average molecular weight is 284 g/mol. The molecule has 110 valence electrons. The van der Waals surface area contributed by atoms with Gasteiger partial charge < -0.3 is 11.1 Å². The van der Waals surface area contributed by atoms with Crippen molar-refractivity contribution in [2.24, 2.45) is 5.73 Å². The van der Waals surface area contributed by atoms with E-state index in [9.17, 15) is 4.79 Å². The van der Waals surface area contributed by atoms with Gasteiger partial charge in [-0.2, -0.15) is 10.2 Å². The summed E-state index contributed by atoms with van der Waals surface area (Å²) in [5, 5.41) is 10.9. The molecule has 0 saturated carbocycles. The van der Waals surface area contributed by atoms with E-state index in [0.717, 1.165) is 5.56 Å². The summed E-state index contributed by atoms with van der Waals surface area (Å²) in [5.74, 6) is -0.192. The molecule has 5 nitrogen and oxygen atoms in total. The highest BCUT2D eigenvalue weighted by molar-refractivity contribution is 5.95. The van der Waals surface area contributed by atoms with Crippen molar-refractivity contribution in [3.05, 3.63) is 58.9 Å². The van der Waals surface area contributed by atoms with Crippen molar-refractivity contribution < 1.29 is 4.79 Å². The lowest BCUT2D eigenvalue weighted by Gasteiger charge is -2.30. The molecule has 0 radical (unpaired) electrons. The van der Waals surface area contributed by atoms with E-state index in [0.29, 0.717) is 23.5 Å². The number of nitrogens with one attached hydrogen (secondary N) is 1. The first-order valence-corrected chi connectivity index (χ1v) is 6.85. The molecule has 1 atom stereocenters. The maximum atomic E-state index is 12.5. The van der Waals surface area contributed by atoms with Gasteiger partial charge in [-0.3, -0.25) is 4.79 Å². The quantitative estimate of drug-likeness (QED) is 0.895. The van der Waals surface area contributed by atoms with Crippen molar-refractivity contribution >= 4 is 5.91 Å². The first-order valence-electron chi connectivity index (χ1n) is 6.85. The molecule has 2 aromatic rings. The van der Waals surface area contributed by atoms with Gasteiger partial charge in [0.05, 0.1) is 22.5 Å². The number of aromatic nitrogens is 2. The SMILES string of the molecule is Cc1cc(C(=O)NC(C)(CN)c2ccccc2)c(C)nn1. The number of hydrogen-bond donors (Lipinski definition) is 2. The number of benzene rings is 1. The van der Waals surface area contributed by atoms with Gasteiger partial charge in [-0.1, -0.05) is 30.3 Å². The molecule has 1 aromatic heterocycles. The Balaban J connectivity index is 2.30. The summed E-state index contributed by atoms with van der Waals surface area (Å²) in [5.41, 5.74) is 8.07. The molecule has 1 amide bonds. The minimum atomic E-state index is -0.623. The molecule has 3 N–H and O–H groups in total. The van der Waals surface area contributed by atoms with Gasteiger partial charge in [-0.05, 0) is 32.4 Å². The van der Waals surface area contributed by atoms with E-state index < -0.39 is 5.54 Å². The Hall–Kier alpha value is -2.27. The minimum Gasteiger partial charge on any atom is -0.341 e. The summed E-state index contributed by atoms with van der Waals surface area (Å²) in [6.07, 6.45) is 0. The first kappa shape index (κ1) is 15.1. The number of nitrogens with two attached hydrogens (primary N) is 1. The standard InChI is InChI=1S/C16H20N4O/c1-11-9-14(12(2)20-19-11)15(21)18-16(3,10-17)13-7-5-4-6-8-13/h4-9H,10,17H2,1-3H3,(H,18,21). The Morgan fingerprint density at radius 2 is 1.90 bits per heavy atom. The van der Waals surface area contributed by atoms with Gasteiger partial charge in [-0.25, -0.2) is 0 Å². The maximum absolute atomic E-state index is 12.5.